The molecule has 2 aliphatic rings. The second-order valence-corrected chi connectivity index (χ2v) is 11.9. The Bertz CT molecular complexity index is 1370. The Morgan fingerprint density at radius 2 is 1.75 bits per heavy atom. The average Bonchev–Trinajstić information content (AvgIpc) is 3.30. The van der Waals surface area contributed by atoms with Crippen molar-refractivity contribution in [3.63, 3.8) is 0 Å². The van der Waals surface area contributed by atoms with Gasteiger partial charge in [-0.1, -0.05) is 26.0 Å². The Labute approximate surface area is 237 Å². The van der Waals surface area contributed by atoms with Gasteiger partial charge in [-0.3, -0.25) is 9.59 Å². The smallest absolute Gasteiger partial charge is 0.271 e. The number of methoxy groups -OCH3 is 2. The molecule has 1 N–H and O–H groups in total. The lowest BCUT2D eigenvalue weighted by atomic mass is 9.92. The number of carbonyl (C=O) groups excluding carboxylic acids is 2. The summed E-state index contributed by atoms with van der Waals surface area (Å²) in [4.78, 5) is 32.3. The van der Waals surface area contributed by atoms with Crippen molar-refractivity contribution in [2.24, 2.45) is 11.8 Å². The van der Waals surface area contributed by atoms with Crippen molar-refractivity contribution < 1.29 is 19.1 Å². The molecule has 0 radical (unpaired) electrons. The van der Waals surface area contributed by atoms with Crippen LogP contribution >= 0.6 is 0 Å². The lowest BCUT2D eigenvalue weighted by Crippen LogP contribution is -2.63. The van der Waals surface area contributed by atoms with Crippen LogP contribution in [-0.4, -0.2) is 72.1 Å². The number of ether oxygens (including phenoxy) is 2. The predicted molar refractivity (Wildman–Crippen MR) is 157 cm³/mol. The average molecular weight is 547 g/mol. The first kappa shape index (κ1) is 28.0. The Morgan fingerprint density at radius 3 is 2.48 bits per heavy atom. The minimum Gasteiger partial charge on any atom is -0.497 e. The monoisotopic (exact) mass is 546 g/mol. The van der Waals surface area contributed by atoms with Crippen LogP contribution in [0, 0.1) is 11.8 Å². The summed E-state index contributed by atoms with van der Waals surface area (Å²) in [6, 6.07) is 15.4. The predicted octanol–water partition coefficient (Wildman–Crippen LogP) is 4.56. The second-order valence-electron chi connectivity index (χ2n) is 11.9. The van der Waals surface area contributed by atoms with Crippen molar-refractivity contribution in [3.05, 3.63) is 59.8 Å². The highest BCUT2D eigenvalue weighted by atomic mass is 16.5. The lowest BCUT2D eigenvalue weighted by Gasteiger charge is -2.44. The number of hydrogen-bond acceptors (Lipinski definition) is 5. The van der Waals surface area contributed by atoms with Gasteiger partial charge in [0.2, 0.25) is 5.91 Å². The topological polar surface area (TPSA) is 76.0 Å². The van der Waals surface area contributed by atoms with Gasteiger partial charge >= 0.3 is 0 Å². The molecule has 0 aliphatic carbocycles. The van der Waals surface area contributed by atoms with Crippen LogP contribution in [0.4, 0.5) is 0 Å². The largest absolute Gasteiger partial charge is 0.497 e. The van der Waals surface area contributed by atoms with Crippen molar-refractivity contribution in [2.45, 2.75) is 52.2 Å². The fourth-order valence-electron chi connectivity index (χ4n) is 6.53. The molecule has 8 heteroatoms. The molecule has 1 saturated heterocycles. The van der Waals surface area contributed by atoms with Crippen LogP contribution in [-0.2, 0) is 17.9 Å². The normalized spacial score (nSPS) is 23.2. The SMILES string of the molecule is COc1cccc(CN2C(=O)c3cc4ccc(OC)cc4n3C[C@@]2(C)C(=O)NCCCN2C[C@H](C)C[C@H](C)C2)c1. The zero-order valence-corrected chi connectivity index (χ0v) is 24.4. The van der Waals surface area contributed by atoms with Crippen LogP contribution < -0.4 is 14.8 Å². The second kappa shape index (κ2) is 11.5. The van der Waals surface area contributed by atoms with Crippen LogP contribution in [0.25, 0.3) is 10.9 Å². The molecule has 2 aromatic carbocycles. The van der Waals surface area contributed by atoms with E-state index in [1.807, 2.05) is 60.0 Å². The fourth-order valence-corrected chi connectivity index (χ4v) is 6.53. The maximum atomic E-state index is 14.1. The zero-order valence-electron chi connectivity index (χ0n) is 24.4. The van der Waals surface area contributed by atoms with E-state index in [1.165, 1.54) is 6.42 Å². The molecule has 3 heterocycles. The van der Waals surface area contributed by atoms with Crippen LogP contribution in [0.3, 0.4) is 0 Å². The molecule has 0 unspecified atom stereocenters. The first-order valence-corrected chi connectivity index (χ1v) is 14.3. The Hall–Kier alpha value is -3.52. The standard InChI is InChI=1S/C32H42N4O4/c1-22-14-23(2)19-34(18-22)13-7-12-33-31(38)32(3)21-35-28-17-27(40-5)11-10-25(28)16-29(35)30(37)36(32)20-24-8-6-9-26(15-24)39-4/h6,8-11,15-17,22-23H,7,12-14,18-21H2,1-5H3,(H,33,38)/t22-,23+,32-/m0/s1. The zero-order chi connectivity index (χ0) is 28.4. The molecule has 3 aromatic rings. The van der Waals surface area contributed by atoms with E-state index in [-0.39, 0.29) is 11.8 Å². The van der Waals surface area contributed by atoms with Gasteiger partial charge in [0, 0.05) is 37.6 Å². The number of aromatic nitrogens is 1. The number of nitrogens with zero attached hydrogens (tertiary/aromatic N) is 3. The molecule has 0 bridgehead atoms. The van der Waals surface area contributed by atoms with Crippen LogP contribution in [0.5, 0.6) is 11.5 Å². The molecule has 3 atom stereocenters. The van der Waals surface area contributed by atoms with E-state index in [4.69, 9.17) is 9.47 Å². The molecular weight excluding hydrogens is 504 g/mol. The van der Waals surface area contributed by atoms with E-state index in [1.54, 1.807) is 19.1 Å². The van der Waals surface area contributed by atoms with Gasteiger partial charge in [0.05, 0.1) is 26.3 Å². The quantitative estimate of drug-likeness (QED) is 0.399. The highest BCUT2D eigenvalue weighted by Crippen LogP contribution is 2.35. The summed E-state index contributed by atoms with van der Waals surface area (Å²) in [5, 5.41) is 4.13. The third kappa shape index (κ3) is 5.55. The van der Waals surface area contributed by atoms with Gasteiger partial charge in [0.1, 0.15) is 22.7 Å². The molecule has 1 aromatic heterocycles. The third-order valence-electron chi connectivity index (χ3n) is 8.48. The van der Waals surface area contributed by atoms with E-state index in [0.717, 1.165) is 48.3 Å². The summed E-state index contributed by atoms with van der Waals surface area (Å²) in [6.07, 6.45) is 2.16. The molecule has 2 amide bonds. The van der Waals surface area contributed by atoms with Crippen LogP contribution in [0.1, 0.15) is 49.7 Å². The number of carbonyl (C=O) groups is 2. The van der Waals surface area contributed by atoms with Gasteiger partial charge in [0.15, 0.2) is 0 Å². The molecule has 2 aliphatic heterocycles. The lowest BCUT2D eigenvalue weighted by molar-refractivity contribution is -0.133. The summed E-state index contributed by atoms with van der Waals surface area (Å²) in [6.45, 7) is 10.9. The van der Waals surface area contributed by atoms with Crippen LogP contribution in [0.2, 0.25) is 0 Å². The van der Waals surface area contributed by atoms with Crippen molar-refractivity contribution in [2.75, 3.05) is 40.4 Å². The van der Waals surface area contributed by atoms with Gasteiger partial charge < -0.3 is 29.2 Å². The highest BCUT2D eigenvalue weighted by Gasteiger charge is 2.47. The number of rotatable bonds is 9. The number of benzene rings is 2. The van der Waals surface area contributed by atoms with E-state index in [0.29, 0.717) is 42.9 Å². The fraction of sp³-hybridized carbons (Fsp3) is 0.500. The molecule has 0 spiro atoms. The Balaban J connectivity index is 1.39. The number of fused-ring (bicyclic) bond motifs is 3. The van der Waals surface area contributed by atoms with Gasteiger partial charge in [-0.2, -0.15) is 0 Å². The molecule has 214 valence electrons. The van der Waals surface area contributed by atoms with Gasteiger partial charge in [-0.05, 0) is 74.0 Å². The van der Waals surface area contributed by atoms with Crippen molar-refractivity contribution >= 4 is 22.7 Å². The first-order valence-electron chi connectivity index (χ1n) is 14.3. The Morgan fingerprint density at radius 1 is 1.02 bits per heavy atom. The van der Waals surface area contributed by atoms with E-state index in [2.05, 4.69) is 24.1 Å². The van der Waals surface area contributed by atoms with E-state index in [9.17, 15) is 9.59 Å². The van der Waals surface area contributed by atoms with Crippen LogP contribution in [0.15, 0.2) is 48.5 Å². The minimum absolute atomic E-state index is 0.139. The molecule has 1 fully saturated rings. The van der Waals surface area contributed by atoms with Crippen molar-refractivity contribution in [1.29, 1.82) is 0 Å². The highest BCUT2D eigenvalue weighted by molar-refractivity contribution is 6.03. The van der Waals surface area contributed by atoms with E-state index >= 15 is 0 Å². The third-order valence-corrected chi connectivity index (χ3v) is 8.48. The van der Waals surface area contributed by atoms with Gasteiger partial charge in [0.25, 0.3) is 5.91 Å². The number of hydrogen-bond donors (Lipinski definition) is 1. The maximum absolute atomic E-state index is 14.1. The number of likely N-dealkylation sites (tertiary alicyclic amines) is 1. The summed E-state index contributed by atoms with van der Waals surface area (Å²) < 4.78 is 12.8. The Kier molecular flexibility index (Phi) is 8.08. The maximum Gasteiger partial charge on any atom is 0.271 e. The van der Waals surface area contributed by atoms with Crippen molar-refractivity contribution in [1.82, 2.24) is 19.7 Å². The van der Waals surface area contributed by atoms with Gasteiger partial charge in [-0.25, -0.2) is 0 Å². The molecule has 5 rings (SSSR count). The molecule has 0 saturated carbocycles. The van der Waals surface area contributed by atoms with E-state index < -0.39 is 5.54 Å². The number of piperidine rings is 1. The molecular formula is C32H42N4O4. The summed E-state index contributed by atoms with van der Waals surface area (Å²) >= 11 is 0. The molecule has 40 heavy (non-hydrogen) atoms. The summed E-state index contributed by atoms with van der Waals surface area (Å²) in [5.41, 5.74) is 1.28. The summed E-state index contributed by atoms with van der Waals surface area (Å²) in [7, 11) is 3.26. The summed E-state index contributed by atoms with van der Waals surface area (Å²) in [5.74, 6) is 2.54. The number of amides is 2. The van der Waals surface area contributed by atoms with Crippen molar-refractivity contribution in [3.8, 4) is 11.5 Å². The number of nitrogens with one attached hydrogen (secondary N) is 1. The molecule has 8 nitrogen and oxygen atoms in total. The first-order chi connectivity index (χ1) is 19.2. The minimum atomic E-state index is -1.09. The van der Waals surface area contributed by atoms with Gasteiger partial charge in [-0.15, -0.1) is 0 Å².